The number of ketones is 1. The normalized spacial score (nSPS) is 18.1. The highest BCUT2D eigenvalue weighted by molar-refractivity contribution is 9.11. The number of hydrogen-bond acceptors (Lipinski definition) is 3. The molecule has 7 aromatic rings. The topological polar surface area (TPSA) is 56.2 Å². The molecule has 0 amide bonds. The molecule has 5 aromatic carbocycles. The number of rotatable bonds is 5. The van der Waals surface area contributed by atoms with E-state index < -0.39 is 18.3 Å². The monoisotopic (exact) mass is 718 g/mol. The van der Waals surface area contributed by atoms with E-state index >= 15 is 0 Å². The molecule has 1 fully saturated rings. The van der Waals surface area contributed by atoms with Crippen LogP contribution in [-0.4, -0.2) is 33.7 Å². The molecule has 1 aliphatic rings. The molecule has 0 radical (unpaired) electrons. The highest BCUT2D eigenvalue weighted by Gasteiger charge is 2.55. The van der Waals surface area contributed by atoms with Crippen molar-refractivity contribution in [2.75, 3.05) is 0 Å². The summed E-state index contributed by atoms with van der Waals surface area (Å²) < 4.78 is 17.9. The second kappa shape index (κ2) is 10.4. The highest BCUT2D eigenvalue weighted by Crippen LogP contribution is 2.48. The number of benzene rings is 5. The Morgan fingerprint density at radius 2 is 1.40 bits per heavy atom. The first kappa shape index (κ1) is 28.8. The van der Waals surface area contributed by atoms with E-state index in [4.69, 9.17) is 9.31 Å². The number of H-pyrrole nitrogens is 1. The van der Waals surface area contributed by atoms with E-state index in [1.165, 1.54) is 5.39 Å². The Labute approximate surface area is 277 Å². The summed E-state index contributed by atoms with van der Waals surface area (Å²) in [5.74, 6) is -0.00649. The minimum Gasteiger partial charge on any atom is -0.399 e. The van der Waals surface area contributed by atoms with Crippen LogP contribution in [0.2, 0.25) is 0 Å². The Morgan fingerprint density at radius 3 is 2.16 bits per heavy atom. The second-order valence-corrected chi connectivity index (χ2v) is 14.1. The Hall–Kier alpha value is -3.69. The summed E-state index contributed by atoms with van der Waals surface area (Å²) in [5.41, 5.74) is 5.26. The Morgan fingerprint density at radius 1 is 0.756 bits per heavy atom. The van der Waals surface area contributed by atoms with Gasteiger partial charge in [0.05, 0.1) is 37.7 Å². The van der Waals surface area contributed by atoms with Crippen LogP contribution in [0.1, 0.15) is 36.7 Å². The van der Waals surface area contributed by atoms with Crippen molar-refractivity contribution < 1.29 is 14.1 Å². The number of aromatic amines is 1. The Bertz CT molecular complexity index is 2290. The lowest BCUT2D eigenvalue weighted by Gasteiger charge is -2.37. The van der Waals surface area contributed by atoms with Crippen molar-refractivity contribution in [3.63, 3.8) is 0 Å². The summed E-state index contributed by atoms with van der Waals surface area (Å²) >= 11 is 8.07. The van der Waals surface area contributed by atoms with Crippen LogP contribution in [0.5, 0.6) is 0 Å². The smallest absolute Gasteiger partial charge is 0.399 e. The number of carbonyl (C=O) groups excluding carboxylic acids is 1. The summed E-state index contributed by atoms with van der Waals surface area (Å²) in [7, 11) is -0.575. The van der Waals surface area contributed by atoms with Crippen LogP contribution in [0.15, 0.2) is 112 Å². The molecule has 8 heteroatoms. The maximum atomic E-state index is 13.0. The summed E-state index contributed by atoms with van der Waals surface area (Å²) in [6, 6.07) is 33.8. The molecular formula is C37H29BBr2N2O3. The van der Waals surface area contributed by atoms with Gasteiger partial charge in [-0.25, -0.2) is 0 Å². The van der Waals surface area contributed by atoms with Crippen LogP contribution in [0.25, 0.3) is 43.6 Å². The number of carbonyl (C=O) groups is 1. The fourth-order valence-corrected chi connectivity index (χ4v) is 8.23. The molecule has 1 unspecified atom stereocenters. The summed E-state index contributed by atoms with van der Waals surface area (Å²) in [5, 5.41) is 4.62. The molecule has 0 spiro atoms. The molecule has 222 valence electrons. The lowest BCUT2D eigenvalue weighted by Crippen LogP contribution is -2.48. The lowest BCUT2D eigenvalue weighted by atomic mass is 9.78. The molecule has 1 N–H and O–H groups in total. The van der Waals surface area contributed by atoms with Gasteiger partial charge in [0.2, 0.25) is 0 Å². The first-order chi connectivity index (χ1) is 21.7. The molecule has 1 aliphatic heterocycles. The average Bonchev–Trinajstić information content (AvgIpc) is 3.68. The molecule has 0 saturated carbocycles. The molecule has 8 rings (SSSR count). The van der Waals surface area contributed by atoms with Gasteiger partial charge >= 0.3 is 7.12 Å². The number of hydrogen-bond donors (Lipinski definition) is 1. The van der Waals surface area contributed by atoms with Gasteiger partial charge < -0.3 is 18.9 Å². The summed E-state index contributed by atoms with van der Waals surface area (Å²) in [6.07, 6.45) is 0. The lowest BCUT2D eigenvalue weighted by molar-refractivity contribution is -0.0203. The van der Waals surface area contributed by atoms with Gasteiger partial charge in [0, 0.05) is 43.7 Å². The highest BCUT2D eigenvalue weighted by atomic mass is 79.9. The van der Waals surface area contributed by atoms with Gasteiger partial charge in [-0.2, -0.15) is 0 Å². The van der Waals surface area contributed by atoms with Crippen LogP contribution in [0.3, 0.4) is 0 Å². The zero-order valence-corrected chi connectivity index (χ0v) is 28.2. The first-order valence-corrected chi connectivity index (χ1v) is 16.6. The van der Waals surface area contributed by atoms with Crippen LogP contribution in [0, 0.1) is 0 Å². The van der Waals surface area contributed by atoms with E-state index in [0.717, 1.165) is 52.6 Å². The van der Waals surface area contributed by atoms with Crippen LogP contribution in [-0.2, 0) is 15.9 Å². The van der Waals surface area contributed by atoms with Gasteiger partial charge in [-0.05, 0) is 70.2 Å². The van der Waals surface area contributed by atoms with Gasteiger partial charge in [-0.1, -0.05) is 91.0 Å². The van der Waals surface area contributed by atoms with E-state index in [0.29, 0.717) is 17.7 Å². The minimum atomic E-state index is -0.688. The standard InChI is InChI=1S/C37H29BBr2N2O3/c1-36(2)37(3,45-38(44-36)24-19-17-23(18-20-24)35(43)22-11-5-4-6-12-22)21-42-28-16-10-8-14-26(28)30-31(39)33-29(32(40)34(30)42)25-13-7-9-15-27(25)41-33/h4-20,41H,21H2,1-3H3. The zero-order valence-electron chi connectivity index (χ0n) is 25.0. The fourth-order valence-electron chi connectivity index (χ4n) is 6.70. The minimum absolute atomic E-state index is 0.00649. The van der Waals surface area contributed by atoms with E-state index in [1.807, 2.05) is 54.6 Å². The molecule has 45 heavy (non-hydrogen) atoms. The second-order valence-electron chi connectivity index (χ2n) is 12.5. The molecular weight excluding hydrogens is 691 g/mol. The Balaban J connectivity index is 1.21. The third kappa shape index (κ3) is 4.37. The number of aromatic nitrogens is 2. The maximum Gasteiger partial charge on any atom is 0.494 e. The summed E-state index contributed by atoms with van der Waals surface area (Å²) in [4.78, 5) is 16.6. The van der Waals surface area contributed by atoms with Gasteiger partial charge in [-0.15, -0.1) is 0 Å². The fraction of sp³-hybridized carbons (Fsp3) is 0.162. The molecule has 2 aromatic heterocycles. The summed E-state index contributed by atoms with van der Waals surface area (Å²) in [6.45, 7) is 6.88. The van der Waals surface area contributed by atoms with Crippen molar-refractivity contribution in [2.24, 2.45) is 0 Å². The van der Waals surface area contributed by atoms with E-state index in [2.05, 4.69) is 111 Å². The maximum absolute atomic E-state index is 13.0. The van der Waals surface area contributed by atoms with E-state index in [9.17, 15) is 4.79 Å². The average molecular weight is 720 g/mol. The third-order valence-electron chi connectivity index (χ3n) is 9.53. The van der Waals surface area contributed by atoms with Crippen LogP contribution in [0.4, 0.5) is 0 Å². The zero-order chi connectivity index (χ0) is 31.1. The van der Waals surface area contributed by atoms with Crippen molar-refractivity contribution in [3.8, 4) is 0 Å². The van der Waals surface area contributed by atoms with Crippen LogP contribution < -0.4 is 5.46 Å². The van der Waals surface area contributed by atoms with Crippen molar-refractivity contribution in [1.82, 2.24) is 9.55 Å². The molecule has 0 bridgehead atoms. The van der Waals surface area contributed by atoms with Gasteiger partial charge in [0.15, 0.2) is 5.78 Å². The first-order valence-electron chi connectivity index (χ1n) is 15.0. The number of fused-ring (bicyclic) bond motifs is 6. The number of para-hydroxylation sites is 2. The predicted molar refractivity (Wildman–Crippen MR) is 191 cm³/mol. The molecule has 5 nitrogen and oxygen atoms in total. The van der Waals surface area contributed by atoms with Crippen molar-refractivity contribution in [3.05, 3.63) is 123 Å². The molecule has 1 atom stereocenters. The third-order valence-corrected chi connectivity index (χ3v) is 11.1. The molecule has 0 aliphatic carbocycles. The van der Waals surface area contributed by atoms with Gasteiger partial charge in [-0.3, -0.25) is 4.79 Å². The largest absolute Gasteiger partial charge is 0.494 e. The Kier molecular flexibility index (Phi) is 6.66. The van der Waals surface area contributed by atoms with Crippen molar-refractivity contribution >= 4 is 93.8 Å². The van der Waals surface area contributed by atoms with Crippen molar-refractivity contribution in [2.45, 2.75) is 38.5 Å². The number of nitrogens with zero attached hydrogens (tertiary/aromatic N) is 1. The quantitative estimate of drug-likeness (QED) is 0.143. The van der Waals surface area contributed by atoms with Crippen molar-refractivity contribution in [1.29, 1.82) is 0 Å². The molecule has 3 heterocycles. The SMILES string of the molecule is CC1(C)OB(c2ccc(C(=O)c3ccccc3)cc2)OC1(C)Cn1c2ccccc2c2c(Br)c3[nH]c4ccccc4c3c(Br)c21. The van der Waals surface area contributed by atoms with Gasteiger partial charge in [0.25, 0.3) is 0 Å². The number of halogens is 2. The van der Waals surface area contributed by atoms with Crippen LogP contribution >= 0.6 is 31.9 Å². The van der Waals surface area contributed by atoms with E-state index in [-0.39, 0.29) is 5.78 Å². The van der Waals surface area contributed by atoms with E-state index in [1.54, 1.807) is 0 Å². The number of nitrogens with one attached hydrogen (secondary N) is 1. The predicted octanol–water partition coefficient (Wildman–Crippen LogP) is 9.16. The van der Waals surface area contributed by atoms with Gasteiger partial charge in [0.1, 0.15) is 0 Å². The molecule has 1 saturated heterocycles.